The summed E-state index contributed by atoms with van der Waals surface area (Å²) in [5.74, 6) is 0.352. The van der Waals surface area contributed by atoms with Crippen LogP contribution in [0.5, 0.6) is 11.5 Å². The fraction of sp³-hybridized carbons (Fsp3) is 0.125. The molecule has 0 spiro atoms. The van der Waals surface area contributed by atoms with Crippen molar-refractivity contribution in [3.8, 4) is 11.5 Å². The van der Waals surface area contributed by atoms with Crippen LogP contribution in [0.2, 0.25) is 0 Å². The molecule has 0 radical (unpaired) electrons. The SMILES string of the molecule is CNc1ccc(NC)c2c(O)c3ccccc3c(O)c12. The molecule has 0 unspecified atom stereocenters. The van der Waals surface area contributed by atoms with E-state index < -0.39 is 0 Å². The lowest BCUT2D eigenvalue weighted by Crippen LogP contribution is -1.95. The number of rotatable bonds is 2. The van der Waals surface area contributed by atoms with Crippen LogP contribution in [-0.4, -0.2) is 24.3 Å². The first-order valence-electron chi connectivity index (χ1n) is 6.44. The fourth-order valence-corrected chi connectivity index (χ4v) is 2.68. The summed E-state index contributed by atoms with van der Waals surface area (Å²) in [7, 11) is 3.58. The first kappa shape index (κ1) is 12.4. The lowest BCUT2D eigenvalue weighted by atomic mass is 9.98. The predicted octanol–water partition coefficient (Wildman–Crippen LogP) is 3.49. The van der Waals surface area contributed by atoms with E-state index in [0.29, 0.717) is 21.5 Å². The number of anilines is 2. The van der Waals surface area contributed by atoms with Crippen molar-refractivity contribution >= 4 is 32.9 Å². The van der Waals surface area contributed by atoms with Gasteiger partial charge in [0.25, 0.3) is 0 Å². The van der Waals surface area contributed by atoms with Crippen LogP contribution in [0.25, 0.3) is 21.5 Å². The number of hydrogen-bond acceptors (Lipinski definition) is 4. The number of hydrogen-bond donors (Lipinski definition) is 4. The number of phenolic OH excluding ortho intramolecular Hbond substituents is 2. The minimum atomic E-state index is 0.176. The lowest BCUT2D eigenvalue weighted by Gasteiger charge is -2.16. The third-order valence-electron chi connectivity index (χ3n) is 3.65. The molecule has 0 aliphatic carbocycles. The molecule has 0 aromatic heterocycles. The topological polar surface area (TPSA) is 64.5 Å². The Bertz CT molecular complexity index is 745. The quantitative estimate of drug-likeness (QED) is 0.424. The van der Waals surface area contributed by atoms with E-state index in [0.717, 1.165) is 11.4 Å². The van der Waals surface area contributed by atoms with Gasteiger partial charge in [-0.1, -0.05) is 24.3 Å². The number of aromatic hydroxyl groups is 2. The largest absolute Gasteiger partial charge is 0.507 e. The second-order valence-electron chi connectivity index (χ2n) is 4.65. The van der Waals surface area contributed by atoms with Gasteiger partial charge in [0.05, 0.1) is 10.8 Å². The Labute approximate surface area is 116 Å². The molecule has 4 heteroatoms. The van der Waals surface area contributed by atoms with E-state index in [1.54, 1.807) is 26.2 Å². The molecule has 4 N–H and O–H groups in total. The van der Waals surface area contributed by atoms with Crippen molar-refractivity contribution in [1.29, 1.82) is 0 Å². The highest BCUT2D eigenvalue weighted by Crippen LogP contribution is 2.47. The van der Waals surface area contributed by atoms with Gasteiger partial charge in [-0.25, -0.2) is 0 Å². The van der Waals surface area contributed by atoms with Gasteiger partial charge in [-0.2, -0.15) is 0 Å². The first-order valence-corrected chi connectivity index (χ1v) is 6.44. The molecule has 0 atom stereocenters. The summed E-state index contributed by atoms with van der Waals surface area (Å²) in [5, 5.41) is 29.8. The zero-order chi connectivity index (χ0) is 14.3. The smallest absolute Gasteiger partial charge is 0.133 e. The Morgan fingerprint density at radius 3 is 1.45 bits per heavy atom. The van der Waals surface area contributed by atoms with Crippen molar-refractivity contribution < 1.29 is 10.2 Å². The van der Waals surface area contributed by atoms with Crippen molar-refractivity contribution in [2.45, 2.75) is 0 Å². The van der Waals surface area contributed by atoms with Crippen LogP contribution >= 0.6 is 0 Å². The molecular weight excluding hydrogens is 252 g/mol. The average Bonchev–Trinajstić information content (AvgIpc) is 2.51. The molecule has 0 saturated heterocycles. The molecule has 4 nitrogen and oxygen atoms in total. The Morgan fingerprint density at radius 2 is 1.10 bits per heavy atom. The Kier molecular flexibility index (Phi) is 2.79. The normalized spacial score (nSPS) is 10.9. The highest BCUT2D eigenvalue weighted by Gasteiger charge is 2.17. The Balaban J connectivity index is 2.64. The van der Waals surface area contributed by atoms with Crippen molar-refractivity contribution in [1.82, 2.24) is 0 Å². The molecule has 0 saturated carbocycles. The maximum Gasteiger partial charge on any atom is 0.133 e. The summed E-state index contributed by atoms with van der Waals surface area (Å²) >= 11 is 0. The molecule has 0 aliphatic rings. The van der Waals surface area contributed by atoms with Gasteiger partial charge in [-0.15, -0.1) is 0 Å². The van der Waals surface area contributed by atoms with Crippen molar-refractivity contribution in [2.24, 2.45) is 0 Å². The van der Waals surface area contributed by atoms with Gasteiger partial charge in [-0.05, 0) is 12.1 Å². The van der Waals surface area contributed by atoms with Crippen LogP contribution in [0.4, 0.5) is 11.4 Å². The van der Waals surface area contributed by atoms with Gasteiger partial charge in [-0.3, -0.25) is 0 Å². The molecule has 0 aliphatic heterocycles. The minimum Gasteiger partial charge on any atom is -0.507 e. The van der Waals surface area contributed by atoms with Crippen molar-refractivity contribution in [3.63, 3.8) is 0 Å². The molecule has 0 bridgehead atoms. The summed E-state index contributed by atoms with van der Waals surface area (Å²) in [6, 6.07) is 11.0. The Morgan fingerprint density at radius 1 is 0.700 bits per heavy atom. The lowest BCUT2D eigenvalue weighted by molar-refractivity contribution is 0.479. The fourth-order valence-electron chi connectivity index (χ4n) is 2.68. The summed E-state index contributed by atoms with van der Waals surface area (Å²) in [6.45, 7) is 0. The van der Waals surface area contributed by atoms with Crippen LogP contribution in [0.15, 0.2) is 36.4 Å². The molecule has 0 amide bonds. The third kappa shape index (κ3) is 1.54. The predicted molar refractivity (Wildman–Crippen MR) is 83.9 cm³/mol. The van der Waals surface area contributed by atoms with Crippen LogP contribution in [0.3, 0.4) is 0 Å². The van der Waals surface area contributed by atoms with Gasteiger partial charge >= 0.3 is 0 Å². The number of benzene rings is 3. The zero-order valence-corrected chi connectivity index (χ0v) is 11.4. The van der Waals surface area contributed by atoms with Gasteiger partial charge in [0, 0.05) is 36.2 Å². The van der Waals surface area contributed by atoms with Crippen LogP contribution in [0, 0.1) is 0 Å². The molecule has 0 heterocycles. The number of phenols is 2. The van der Waals surface area contributed by atoms with E-state index in [9.17, 15) is 10.2 Å². The molecule has 0 fully saturated rings. The monoisotopic (exact) mass is 268 g/mol. The Hall–Kier alpha value is -2.62. The van der Waals surface area contributed by atoms with E-state index in [1.165, 1.54) is 0 Å². The molecule has 102 valence electrons. The van der Waals surface area contributed by atoms with E-state index in [1.807, 2.05) is 24.3 Å². The standard InChI is InChI=1S/C16H16N2O2/c1-17-11-7-8-12(18-2)14-13(11)15(19)9-5-3-4-6-10(9)16(14)20/h3-8,17-20H,1-2H3. The summed E-state index contributed by atoms with van der Waals surface area (Å²) < 4.78 is 0. The maximum atomic E-state index is 10.6. The summed E-state index contributed by atoms with van der Waals surface area (Å²) in [4.78, 5) is 0. The summed E-state index contributed by atoms with van der Waals surface area (Å²) in [6.07, 6.45) is 0. The molecule has 3 aromatic rings. The molecule has 3 rings (SSSR count). The van der Waals surface area contributed by atoms with E-state index >= 15 is 0 Å². The van der Waals surface area contributed by atoms with Crippen molar-refractivity contribution in [2.75, 3.05) is 24.7 Å². The minimum absolute atomic E-state index is 0.176. The second kappa shape index (κ2) is 4.49. The van der Waals surface area contributed by atoms with Crippen molar-refractivity contribution in [3.05, 3.63) is 36.4 Å². The number of fused-ring (bicyclic) bond motifs is 2. The zero-order valence-electron chi connectivity index (χ0n) is 11.4. The van der Waals surface area contributed by atoms with Crippen LogP contribution < -0.4 is 10.6 Å². The van der Waals surface area contributed by atoms with Gasteiger partial charge in [0.2, 0.25) is 0 Å². The first-order chi connectivity index (χ1) is 9.69. The van der Waals surface area contributed by atoms with Gasteiger partial charge < -0.3 is 20.8 Å². The maximum absolute atomic E-state index is 10.6. The van der Waals surface area contributed by atoms with E-state index in [2.05, 4.69) is 10.6 Å². The average molecular weight is 268 g/mol. The molecule has 20 heavy (non-hydrogen) atoms. The van der Waals surface area contributed by atoms with Gasteiger partial charge in [0.1, 0.15) is 11.5 Å². The third-order valence-corrected chi connectivity index (χ3v) is 3.65. The van der Waals surface area contributed by atoms with Crippen LogP contribution in [0.1, 0.15) is 0 Å². The highest BCUT2D eigenvalue weighted by molar-refractivity contribution is 6.18. The summed E-state index contributed by atoms with van der Waals surface area (Å²) in [5.41, 5.74) is 1.55. The van der Waals surface area contributed by atoms with Gasteiger partial charge in [0.15, 0.2) is 0 Å². The second-order valence-corrected chi connectivity index (χ2v) is 4.65. The van der Waals surface area contributed by atoms with E-state index in [-0.39, 0.29) is 11.5 Å². The van der Waals surface area contributed by atoms with E-state index in [4.69, 9.17) is 0 Å². The highest BCUT2D eigenvalue weighted by atomic mass is 16.3. The molecular formula is C16H16N2O2. The number of nitrogens with one attached hydrogen (secondary N) is 2. The molecule has 3 aromatic carbocycles. The van der Waals surface area contributed by atoms with Crippen LogP contribution in [-0.2, 0) is 0 Å².